The molecule has 0 bridgehead atoms. The maximum Gasteiger partial charge on any atom is 0.265 e. The molecule has 3 rings (SSSR count). The summed E-state index contributed by atoms with van der Waals surface area (Å²) in [6.45, 7) is 2.80. The van der Waals surface area contributed by atoms with Gasteiger partial charge in [0.15, 0.2) is 5.13 Å². The van der Waals surface area contributed by atoms with Gasteiger partial charge in [0.1, 0.15) is 10.7 Å². The summed E-state index contributed by atoms with van der Waals surface area (Å²) < 4.78 is 0. The SMILES string of the molecule is Nc1nc(N2CCCC2)sc1C(=O)NCCC1CCCC1. The van der Waals surface area contributed by atoms with E-state index in [1.54, 1.807) is 0 Å². The highest BCUT2D eigenvalue weighted by molar-refractivity contribution is 7.18. The van der Waals surface area contributed by atoms with E-state index in [-0.39, 0.29) is 5.91 Å². The molecule has 1 amide bonds. The molecule has 2 fully saturated rings. The Balaban J connectivity index is 1.53. The second kappa shape index (κ2) is 6.64. The molecule has 3 N–H and O–H groups in total. The van der Waals surface area contributed by atoms with E-state index in [1.165, 1.54) is 49.9 Å². The molecule has 21 heavy (non-hydrogen) atoms. The van der Waals surface area contributed by atoms with E-state index >= 15 is 0 Å². The van der Waals surface area contributed by atoms with Gasteiger partial charge in [0.25, 0.3) is 5.91 Å². The minimum Gasteiger partial charge on any atom is -0.382 e. The highest BCUT2D eigenvalue weighted by Crippen LogP contribution is 2.30. The Kier molecular flexibility index (Phi) is 4.63. The normalized spacial score (nSPS) is 19.3. The lowest BCUT2D eigenvalue weighted by Gasteiger charge is -2.12. The van der Waals surface area contributed by atoms with Gasteiger partial charge >= 0.3 is 0 Å². The molecule has 0 radical (unpaired) electrons. The van der Waals surface area contributed by atoms with Gasteiger partial charge in [0.2, 0.25) is 0 Å². The van der Waals surface area contributed by atoms with Crippen molar-refractivity contribution in [3.8, 4) is 0 Å². The summed E-state index contributed by atoms with van der Waals surface area (Å²) >= 11 is 1.43. The minimum atomic E-state index is -0.0616. The van der Waals surface area contributed by atoms with Crippen LogP contribution in [0.3, 0.4) is 0 Å². The molecule has 5 nitrogen and oxygen atoms in total. The van der Waals surface area contributed by atoms with Gasteiger partial charge in [-0.3, -0.25) is 4.79 Å². The predicted octanol–water partition coefficient (Wildman–Crippen LogP) is 2.64. The Morgan fingerprint density at radius 1 is 1.29 bits per heavy atom. The van der Waals surface area contributed by atoms with Crippen LogP contribution in [0, 0.1) is 5.92 Å². The summed E-state index contributed by atoms with van der Waals surface area (Å²) in [5.74, 6) is 1.11. The van der Waals surface area contributed by atoms with Gasteiger partial charge < -0.3 is 16.0 Å². The first kappa shape index (κ1) is 14.6. The zero-order chi connectivity index (χ0) is 14.7. The highest BCUT2D eigenvalue weighted by atomic mass is 32.1. The fourth-order valence-corrected chi connectivity index (χ4v) is 4.25. The Hall–Kier alpha value is -1.30. The number of carbonyl (C=O) groups excluding carboxylic acids is 1. The van der Waals surface area contributed by atoms with Crippen molar-refractivity contribution in [1.29, 1.82) is 0 Å². The number of hydrogen-bond acceptors (Lipinski definition) is 5. The van der Waals surface area contributed by atoms with Crippen LogP contribution < -0.4 is 16.0 Å². The monoisotopic (exact) mass is 308 g/mol. The Labute approximate surface area is 129 Å². The van der Waals surface area contributed by atoms with Crippen LogP contribution in [0.4, 0.5) is 10.9 Å². The molecule has 0 atom stereocenters. The molecule has 1 aliphatic carbocycles. The lowest BCUT2D eigenvalue weighted by atomic mass is 10.0. The maximum absolute atomic E-state index is 12.2. The van der Waals surface area contributed by atoms with Crippen LogP contribution in [0.5, 0.6) is 0 Å². The van der Waals surface area contributed by atoms with Gasteiger partial charge in [-0.15, -0.1) is 0 Å². The minimum absolute atomic E-state index is 0.0616. The second-order valence-corrected chi connectivity index (χ2v) is 7.08. The average molecular weight is 308 g/mol. The summed E-state index contributed by atoms with van der Waals surface area (Å²) in [5, 5.41) is 3.90. The van der Waals surface area contributed by atoms with E-state index in [0.29, 0.717) is 10.7 Å². The van der Waals surface area contributed by atoms with Crippen molar-refractivity contribution in [2.45, 2.75) is 44.9 Å². The Morgan fingerprint density at radius 2 is 2.00 bits per heavy atom. The van der Waals surface area contributed by atoms with E-state index in [9.17, 15) is 4.79 Å². The Morgan fingerprint density at radius 3 is 2.71 bits per heavy atom. The first-order chi connectivity index (χ1) is 10.2. The third kappa shape index (κ3) is 3.48. The van der Waals surface area contributed by atoms with Crippen molar-refractivity contribution in [2.24, 2.45) is 5.92 Å². The fourth-order valence-electron chi connectivity index (χ4n) is 3.30. The molecule has 1 aliphatic heterocycles. The molecule has 0 aromatic carbocycles. The number of thiazole rings is 1. The van der Waals surface area contributed by atoms with Crippen LogP contribution in [0.15, 0.2) is 0 Å². The summed E-state index contributed by atoms with van der Waals surface area (Å²) in [5.41, 5.74) is 5.92. The van der Waals surface area contributed by atoms with E-state index in [0.717, 1.165) is 37.1 Å². The summed E-state index contributed by atoms with van der Waals surface area (Å²) in [6.07, 6.45) is 8.81. The summed E-state index contributed by atoms with van der Waals surface area (Å²) in [7, 11) is 0. The first-order valence-corrected chi connectivity index (χ1v) is 8.85. The second-order valence-electron chi connectivity index (χ2n) is 6.10. The van der Waals surface area contributed by atoms with Gasteiger partial charge in [-0.25, -0.2) is 4.98 Å². The average Bonchev–Trinajstić information content (AvgIpc) is 3.19. The van der Waals surface area contributed by atoms with Crippen LogP contribution in [-0.4, -0.2) is 30.5 Å². The van der Waals surface area contributed by atoms with E-state index in [2.05, 4.69) is 15.2 Å². The van der Waals surface area contributed by atoms with E-state index < -0.39 is 0 Å². The number of nitrogens with one attached hydrogen (secondary N) is 1. The topological polar surface area (TPSA) is 71.2 Å². The number of nitrogens with zero attached hydrogens (tertiary/aromatic N) is 2. The highest BCUT2D eigenvalue weighted by Gasteiger charge is 2.22. The van der Waals surface area contributed by atoms with Crippen LogP contribution in [0.2, 0.25) is 0 Å². The van der Waals surface area contributed by atoms with Crippen molar-refractivity contribution in [3.63, 3.8) is 0 Å². The molecule has 2 heterocycles. The van der Waals surface area contributed by atoms with Crippen molar-refractivity contribution < 1.29 is 4.79 Å². The van der Waals surface area contributed by atoms with Gasteiger partial charge in [-0.1, -0.05) is 37.0 Å². The van der Waals surface area contributed by atoms with Crippen molar-refractivity contribution in [1.82, 2.24) is 10.3 Å². The van der Waals surface area contributed by atoms with Gasteiger partial charge in [-0.05, 0) is 25.2 Å². The lowest BCUT2D eigenvalue weighted by Crippen LogP contribution is -2.25. The molecular weight excluding hydrogens is 284 g/mol. The zero-order valence-corrected chi connectivity index (χ0v) is 13.3. The summed E-state index contributed by atoms with van der Waals surface area (Å²) in [4.78, 5) is 19.4. The van der Waals surface area contributed by atoms with Crippen LogP contribution >= 0.6 is 11.3 Å². The number of hydrogen-bond donors (Lipinski definition) is 2. The molecule has 1 saturated carbocycles. The number of aromatic nitrogens is 1. The molecule has 1 saturated heterocycles. The lowest BCUT2D eigenvalue weighted by molar-refractivity contribution is 0.0956. The zero-order valence-electron chi connectivity index (χ0n) is 12.4. The van der Waals surface area contributed by atoms with Gasteiger partial charge in [0.05, 0.1) is 0 Å². The largest absolute Gasteiger partial charge is 0.382 e. The molecule has 0 spiro atoms. The molecule has 116 valence electrons. The standard InChI is InChI=1S/C15H24N4OS/c16-13-12(21-15(18-13)19-9-3-4-10-19)14(20)17-8-7-11-5-1-2-6-11/h11H,1-10,16H2,(H,17,20). The molecule has 6 heteroatoms. The van der Waals surface area contributed by atoms with Crippen LogP contribution in [0.25, 0.3) is 0 Å². The van der Waals surface area contributed by atoms with Crippen molar-refractivity contribution >= 4 is 28.2 Å². The molecule has 1 aromatic rings. The Bertz CT molecular complexity index is 490. The number of rotatable bonds is 5. The quantitative estimate of drug-likeness (QED) is 0.877. The number of amides is 1. The van der Waals surface area contributed by atoms with Crippen molar-refractivity contribution in [3.05, 3.63) is 4.88 Å². The number of carbonyl (C=O) groups is 1. The third-order valence-electron chi connectivity index (χ3n) is 4.54. The fraction of sp³-hybridized carbons (Fsp3) is 0.733. The number of nitrogens with two attached hydrogens (primary N) is 1. The third-order valence-corrected chi connectivity index (χ3v) is 5.67. The van der Waals surface area contributed by atoms with E-state index in [4.69, 9.17) is 5.73 Å². The molecule has 0 unspecified atom stereocenters. The predicted molar refractivity (Wildman–Crippen MR) is 86.9 cm³/mol. The van der Waals surface area contributed by atoms with E-state index in [1.807, 2.05) is 0 Å². The van der Waals surface area contributed by atoms with Crippen molar-refractivity contribution in [2.75, 3.05) is 30.3 Å². The number of nitrogen functional groups attached to an aromatic ring is 1. The first-order valence-electron chi connectivity index (χ1n) is 8.03. The number of anilines is 2. The summed E-state index contributed by atoms with van der Waals surface area (Å²) in [6, 6.07) is 0. The van der Waals surface area contributed by atoms with Crippen LogP contribution in [0.1, 0.15) is 54.6 Å². The smallest absolute Gasteiger partial charge is 0.265 e. The van der Waals surface area contributed by atoms with Gasteiger partial charge in [-0.2, -0.15) is 0 Å². The molecule has 1 aromatic heterocycles. The molecule has 2 aliphatic rings. The van der Waals surface area contributed by atoms with Gasteiger partial charge in [0, 0.05) is 19.6 Å². The van der Waals surface area contributed by atoms with Crippen LogP contribution in [-0.2, 0) is 0 Å². The molecular formula is C15H24N4OS. The maximum atomic E-state index is 12.2.